The first-order valence-corrected chi connectivity index (χ1v) is 8.27. The maximum atomic E-state index is 13.3. The van der Waals surface area contributed by atoms with Gasteiger partial charge in [0, 0.05) is 12.2 Å². The first-order valence-electron chi connectivity index (χ1n) is 6.31. The van der Waals surface area contributed by atoms with E-state index in [1.54, 1.807) is 13.0 Å². The predicted molar refractivity (Wildman–Crippen MR) is 72.5 cm³/mol. The second-order valence-electron chi connectivity index (χ2n) is 4.98. The molecule has 1 saturated carbocycles. The highest BCUT2D eigenvalue weighted by Gasteiger charge is 2.76. The van der Waals surface area contributed by atoms with Crippen LogP contribution in [0.4, 0.5) is 4.39 Å². The Hall–Kier alpha value is -1.94. The zero-order valence-corrected chi connectivity index (χ0v) is 12.4. The van der Waals surface area contributed by atoms with Gasteiger partial charge in [0.15, 0.2) is 15.3 Å². The van der Waals surface area contributed by atoms with Crippen molar-refractivity contribution in [1.29, 1.82) is 5.26 Å². The average Bonchev–Trinajstić information content (AvgIpc) is 3.09. The number of carbonyl (C=O) groups is 1. The van der Waals surface area contributed by atoms with E-state index in [1.807, 2.05) is 0 Å². The van der Waals surface area contributed by atoms with E-state index in [2.05, 4.69) is 0 Å². The summed E-state index contributed by atoms with van der Waals surface area (Å²) in [5.74, 6) is -2.34. The molecule has 0 N–H and O–H groups in total. The molecule has 2 rings (SSSR count). The molecule has 3 unspecified atom stereocenters. The van der Waals surface area contributed by atoms with Gasteiger partial charge in [-0.1, -0.05) is 12.1 Å². The molecule has 21 heavy (non-hydrogen) atoms. The normalized spacial score (nSPS) is 27.7. The van der Waals surface area contributed by atoms with Crippen molar-refractivity contribution in [3.63, 3.8) is 0 Å². The minimum Gasteiger partial charge on any atom is -0.465 e. The molecule has 3 atom stereocenters. The summed E-state index contributed by atoms with van der Waals surface area (Å²) in [7, 11) is -3.67. The maximum absolute atomic E-state index is 13.3. The van der Waals surface area contributed by atoms with E-state index in [0.29, 0.717) is 5.56 Å². The van der Waals surface area contributed by atoms with Gasteiger partial charge in [-0.2, -0.15) is 5.26 Å². The molecule has 0 bridgehead atoms. The van der Waals surface area contributed by atoms with Crippen LogP contribution in [0.25, 0.3) is 0 Å². The summed E-state index contributed by atoms with van der Waals surface area (Å²) in [5.41, 5.74) is -1.49. The van der Waals surface area contributed by atoms with E-state index in [9.17, 15) is 22.9 Å². The molecule has 1 aliphatic rings. The first kappa shape index (κ1) is 15.4. The van der Waals surface area contributed by atoms with Crippen LogP contribution in [0.15, 0.2) is 24.3 Å². The summed E-state index contributed by atoms with van der Waals surface area (Å²) in [6.45, 7) is 1.60. The fraction of sp³-hybridized carbons (Fsp3) is 0.429. The zero-order chi connectivity index (χ0) is 15.8. The number of esters is 1. The summed E-state index contributed by atoms with van der Waals surface area (Å²) in [5, 5.41) is 8.17. The third kappa shape index (κ3) is 2.40. The van der Waals surface area contributed by atoms with Gasteiger partial charge in [-0.25, -0.2) is 12.8 Å². The maximum Gasteiger partial charge on any atom is 0.328 e. The summed E-state index contributed by atoms with van der Waals surface area (Å²) in [6, 6.07) is 7.05. The van der Waals surface area contributed by atoms with Crippen LogP contribution < -0.4 is 0 Å². The van der Waals surface area contributed by atoms with Crippen LogP contribution in [0.2, 0.25) is 0 Å². The number of hydrogen-bond acceptors (Lipinski definition) is 5. The Bertz CT molecular complexity index is 725. The number of sulfone groups is 1. The molecule has 1 aromatic carbocycles. The molecule has 0 aliphatic heterocycles. The SMILES string of the molecule is CCOC(=O)C1(C#N)C(c2cccc(F)c2)C1S(C)(=O)=O. The lowest BCUT2D eigenvalue weighted by Crippen LogP contribution is -2.24. The van der Waals surface area contributed by atoms with Crippen LogP contribution in [0.1, 0.15) is 18.4 Å². The summed E-state index contributed by atoms with van der Waals surface area (Å²) in [4.78, 5) is 12.1. The number of ether oxygens (including phenoxy) is 1. The van der Waals surface area contributed by atoms with Crippen molar-refractivity contribution in [2.45, 2.75) is 18.1 Å². The van der Waals surface area contributed by atoms with Gasteiger partial charge in [-0.15, -0.1) is 0 Å². The minimum absolute atomic E-state index is 0.0363. The third-order valence-corrected chi connectivity index (χ3v) is 5.17. The van der Waals surface area contributed by atoms with Gasteiger partial charge in [0.25, 0.3) is 0 Å². The molecule has 0 aromatic heterocycles. The number of benzene rings is 1. The molecular formula is C14H14FNO4S. The fourth-order valence-electron chi connectivity index (χ4n) is 2.75. The molecule has 0 saturated heterocycles. The highest BCUT2D eigenvalue weighted by atomic mass is 32.2. The van der Waals surface area contributed by atoms with Crippen LogP contribution in [-0.2, 0) is 19.4 Å². The molecule has 5 nitrogen and oxygen atoms in total. The van der Waals surface area contributed by atoms with Crippen molar-refractivity contribution in [3.05, 3.63) is 35.6 Å². The molecule has 1 aromatic rings. The smallest absolute Gasteiger partial charge is 0.328 e. The summed E-state index contributed by atoms with van der Waals surface area (Å²) >= 11 is 0. The average molecular weight is 311 g/mol. The van der Waals surface area contributed by atoms with Gasteiger partial charge in [0.1, 0.15) is 11.1 Å². The zero-order valence-electron chi connectivity index (χ0n) is 11.5. The van der Waals surface area contributed by atoms with Crippen molar-refractivity contribution in [2.75, 3.05) is 12.9 Å². The monoisotopic (exact) mass is 311 g/mol. The number of rotatable bonds is 4. The minimum atomic E-state index is -3.67. The van der Waals surface area contributed by atoms with Gasteiger partial charge in [-0.05, 0) is 24.6 Å². The molecule has 0 heterocycles. The number of hydrogen-bond donors (Lipinski definition) is 0. The van der Waals surface area contributed by atoms with Crippen LogP contribution >= 0.6 is 0 Å². The van der Waals surface area contributed by atoms with E-state index in [1.165, 1.54) is 18.2 Å². The number of halogens is 1. The number of nitrogens with zero attached hydrogens (tertiary/aromatic N) is 1. The highest BCUT2D eigenvalue weighted by Crippen LogP contribution is 2.63. The fourth-order valence-corrected chi connectivity index (χ4v) is 4.51. The first-order chi connectivity index (χ1) is 9.79. The molecule has 0 amide bonds. The number of nitriles is 1. The molecule has 0 spiro atoms. The van der Waals surface area contributed by atoms with E-state index in [-0.39, 0.29) is 6.61 Å². The van der Waals surface area contributed by atoms with Crippen molar-refractivity contribution in [2.24, 2.45) is 5.41 Å². The standard InChI is InChI=1S/C14H14FNO4S/c1-3-20-13(17)14(8-16)11(12(14)21(2,18)19)9-5-4-6-10(15)7-9/h4-7,11-12H,3H2,1-2H3. The van der Waals surface area contributed by atoms with Gasteiger partial charge in [0.05, 0.1) is 12.7 Å². The van der Waals surface area contributed by atoms with E-state index in [0.717, 1.165) is 12.3 Å². The second kappa shape index (κ2) is 5.11. The topological polar surface area (TPSA) is 84.2 Å². The van der Waals surface area contributed by atoms with Crippen LogP contribution in [0.3, 0.4) is 0 Å². The van der Waals surface area contributed by atoms with Gasteiger partial charge in [-0.3, -0.25) is 4.79 Å². The lowest BCUT2D eigenvalue weighted by molar-refractivity contribution is -0.147. The predicted octanol–water partition coefficient (Wildman–Crippen LogP) is 1.41. The van der Waals surface area contributed by atoms with Gasteiger partial charge >= 0.3 is 5.97 Å². The lowest BCUT2D eigenvalue weighted by Gasteiger charge is -2.08. The second-order valence-corrected chi connectivity index (χ2v) is 7.15. The highest BCUT2D eigenvalue weighted by molar-refractivity contribution is 7.91. The van der Waals surface area contributed by atoms with E-state index < -0.39 is 38.2 Å². The Morgan fingerprint density at radius 1 is 1.52 bits per heavy atom. The Balaban J connectivity index is 2.53. The molecule has 112 valence electrons. The molecule has 1 aliphatic carbocycles. The van der Waals surface area contributed by atoms with E-state index in [4.69, 9.17) is 4.74 Å². The van der Waals surface area contributed by atoms with Crippen molar-refractivity contribution < 1.29 is 22.3 Å². The van der Waals surface area contributed by atoms with Crippen LogP contribution in [0, 0.1) is 22.6 Å². The Morgan fingerprint density at radius 2 is 2.19 bits per heavy atom. The molecule has 0 radical (unpaired) electrons. The largest absolute Gasteiger partial charge is 0.465 e. The van der Waals surface area contributed by atoms with Crippen LogP contribution in [0.5, 0.6) is 0 Å². The molecule has 1 fully saturated rings. The molecule has 7 heteroatoms. The van der Waals surface area contributed by atoms with Crippen molar-refractivity contribution in [3.8, 4) is 6.07 Å². The van der Waals surface area contributed by atoms with Crippen molar-refractivity contribution in [1.82, 2.24) is 0 Å². The van der Waals surface area contributed by atoms with E-state index >= 15 is 0 Å². The Labute approximate surface area is 122 Å². The van der Waals surface area contributed by atoms with Gasteiger partial charge < -0.3 is 4.74 Å². The Morgan fingerprint density at radius 3 is 2.67 bits per heavy atom. The quantitative estimate of drug-likeness (QED) is 0.785. The number of carbonyl (C=O) groups excluding carboxylic acids is 1. The molecular weight excluding hydrogens is 297 g/mol. The van der Waals surface area contributed by atoms with Crippen molar-refractivity contribution >= 4 is 15.8 Å². The summed E-state index contributed by atoms with van der Waals surface area (Å²) < 4.78 is 42.0. The van der Waals surface area contributed by atoms with Crippen LogP contribution in [-0.4, -0.2) is 32.5 Å². The lowest BCUT2D eigenvalue weighted by atomic mass is 10.0. The van der Waals surface area contributed by atoms with Gasteiger partial charge in [0.2, 0.25) is 0 Å². The summed E-state index contributed by atoms with van der Waals surface area (Å²) in [6.07, 6.45) is 0.961. The third-order valence-electron chi connectivity index (χ3n) is 3.60. The Kier molecular flexibility index (Phi) is 3.76.